The summed E-state index contributed by atoms with van der Waals surface area (Å²) < 4.78 is 18.0. The number of hydrogen-bond acceptors (Lipinski definition) is 11. The molecule has 1 atom stereocenters. The molecule has 3 aromatic heterocycles. The molecule has 0 amide bonds. The molecule has 13 heteroatoms. The monoisotopic (exact) mass is 704 g/mol. The first-order valence-corrected chi connectivity index (χ1v) is 17.3. The van der Waals surface area contributed by atoms with Crippen LogP contribution in [0.5, 0.6) is 16.6 Å². The van der Waals surface area contributed by atoms with Crippen molar-refractivity contribution in [1.29, 1.82) is 0 Å². The number of allylic oxidation sites excluding steroid dienone is 4. The van der Waals surface area contributed by atoms with Gasteiger partial charge in [0.1, 0.15) is 13.2 Å². The lowest BCUT2D eigenvalue weighted by atomic mass is 9.99. The van der Waals surface area contributed by atoms with E-state index in [1.807, 2.05) is 25.1 Å². The number of hydrogen-bond donors (Lipinski definition) is 4. The first kappa shape index (κ1) is 36.7. The van der Waals surface area contributed by atoms with E-state index in [-0.39, 0.29) is 11.1 Å². The molecule has 258 valence electrons. The van der Waals surface area contributed by atoms with Crippen molar-refractivity contribution in [3.63, 3.8) is 0 Å². The van der Waals surface area contributed by atoms with Gasteiger partial charge in [-0.3, -0.25) is 9.98 Å². The number of nitrogens with zero attached hydrogens (tertiary/aromatic N) is 2. The number of carboxylic acids is 2. The molecule has 5 heterocycles. The molecule has 5 rings (SSSR count). The molecule has 0 aromatic carbocycles. The van der Waals surface area contributed by atoms with Crippen LogP contribution < -0.4 is 25.3 Å². The molecule has 0 saturated heterocycles. The molecule has 0 saturated carbocycles. The van der Waals surface area contributed by atoms with Gasteiger partial charge in [0.15, 0.2) is 5.75 Å². The van der Waals surface area contributed by atoms with E-state index in [1.165, 1.54) is 48.0 Å². The van der Waals surface area contributed by atoms with Crippen molar-refractivity contribution < 1.29 is 34.0 Å². The van der Waals surface area contributed by atoms with E-state index in [0.717, 1.165) is 44.5 Å². The summed E-state index contributed by atoms with van der Waals surface area (Å²) >= 11 is 3.07. The Hall–Kier alpha value is -5.14. The SMILES string of the molecule is C/C=C\N.C=C/C(=C\C(=NC)C1=CC(C(=O)O)=CC(c2cc(C(=O)O)ccn2)N1)c1ccc(-c2sc(OCCCCC)c3c2OCCO3)s1. The maximum atomic E-state index is 12.0. The highest BCUT2D eigenvalue weighted by Gasteiger charge is 2.28. The fourth-order valence-corrected chi connectivity index (χ4v) is 6.97. The molecular weight excluding hydrogens is 665 g/mol. The largest absolute Gasteiger partial charge is 0.484 e. The summed E-state index contributed by atoms with van der Waals surface area (Å²) in [5.41, 5.74) is 7.01. The third-order valence-electron chi connectivity index (χ3n) is 7.24. The Balaban J connectivity index is 0.00000128. The number of aliphatic carboxylic acids is 1. The van der Waals surface area contributed by atoms with Gasteiger partial charge in [0.05, 0.1) is 45.8 Å². The van der Waals surface area contributed by atoms with E-state index in [1.54, 1.807) is 30.5 Å². The van der Waals surface area contributed by atoms with E-state index in [2.05, 4.69) is 28.8 Å². The second kappa shape index (κ2) is 17.9. The Labute approximate surface area is 293 Å². The zero-order valence-corrected chi connectivity index (χ0v) is 29.2. The minimum atomic E-state index is -1.13. The number of fused-ring (bicyclic) bond motifs is 1. The van der Waals surface area contributed by atoms with Crippen LogP contribution in [0, 0.1) is 0 Å². The number of aromatic nitrogens is 1. The Morgan fingerprint density at radius 2 is 1.92 bits per heavy atom. The maximum absolute atomic E-state index is 12.0. The summed E-state index contributed by atoms with van der Waals surface area (Å²) in [5, 5.41) is 23.3. The summed E-state index contributed by atoms with van der Waals surface area (Å²) in [4.78, 5) is 35.1. The molecule has 2 aliphatic rings. The number of nitrogens with two attached hydrogens (primary N) is 1. The highest BCUT2D eigenvalue weighted by Crippen LogP contribution is 2.55. The summed E-state index contributed by atoms with van der Waals surface area (Å²) in [7, 11) is 1.61. The molecule has 1 unspecified atom stereocenters. The topological polar surface area (TPSA) is 166 Å². The van der Waals surface area contributed by atoms with Crippen LogP contribution in [0.3, 0.4) is 0 Å². The van der Waals surface area contributed by atoms with Crippen LogP contribution >= 0.6 is 22.7 Å². The molecule has 0 aliphatic carbocycles. The zero-order chi connectivity index (χ0) is 35.3. The number of pyridine rings is 1. The smallest absolute Gasteiger partial charge is 0.335 e. The average molecular weight is 705 g/mol. The van der Waals surface area contributed by atoms with Gasteiger partial charge in [-0.05, 0) is 67.6 Å². The van der Waals surface area contributed by atoms with Gasteiger partial charge < -0.3 is 35.5 Å². The molecular formula is C36H40N4O7S2. The van der Waals surface area contributed by atoms with Gasteiger partial charge in [-0.1, -0.05) is 49.8 Å². The second-order valence-corrected chi connectivity index (χ2v) is 12.7. The number of thiophene rings is 2. The number of aliphatic imine (C=N–C) groups is 1. The molecule has 0 radical (unpaired) electrons. The molecule has 11 nitrogen and oxygen atoms in total. The number of rotatable bonds is 13. The van der Waals surface area contributed by atoms with Gasteiger partial charge >= 0.3 is 11.9 Å². The lowest BCUT2D eigenvalue weighted by Gasteiger charge is -2.23. The average Bonchev–Trinajstić information content (AvgIpc) is 3.76. The van der Waals surface area contributed by atoms with Gasteiger partial charge in [0.25, 0.3) is 0 Å². The molecule has 0 bridgehead atoms. The zero-order valence-electron chi connectivity index (χ0n) is 27.6. The van der Waals surface area contributed by atoms with Crippen molar-refractivity contribution in [3.05, 3.63) is 101 Å². The van der Waals surface area contributed by atoms with Gasteiger partial charge in [-0.25, -0.2) is 9.59 Å². The number of aromatic carboxylic acids is 1. The van der Waals surface area contributed by atoms with Crippen molar-refractivity contribution in [2.75, 3.05) is 26.9 Å². The molecule has 3 aromatic rings. The van der Waals surface area contributed by atoms with E-state index in [9.17, 15) is 19.8 Å². The number of nitrogens with one attached hydrogen (secondary N) is 1. The summed E-state index contributed by atoms with van der Waals surface area (Å²) in [6.45, 7) is 9.60. The van der Waals surface area contributed by atoms with Crippen molar-refractivity contribution in [1.82, 2.24) is 10.3 Å². The van der Waals surface area contributed by atoms with Crippen molar-refractivity contribution in [3.8, 4) is 26.3 Å². The third kappa shape index (κ3) is 9.27. The third-order valence-corrected chi connectivity index (χ3v) is 9.62. The predicted molar refractivity (Wildman–Crippen MR) is 195 cm³/mol. The minimum absolute atomic E-state index is 0.0294. The Morgan fingerprint density at radius 3 is 2.57 bits per heavy atom. The van der Waals surface area contributed by atoms with Gasteiger partial charge in [0.2, 0.25) is 10.8 Å². The summed E-state index contributed by atoms with van der Waals surface area (Å²) in [6.07, 6.45) is 14.4. The normalized spacial score (nSPS) is 15.8. The number of dihydropyridines is 1. The minimum Gasteiger partial charge on any atom is -0.484 e. The van der Waals surface area contributed by atoms with Crippen LogP contribution in [0.25, 0.3) is 15.3 Å². The first-order chi connectivity index (χ1) is 23.7. The van der Waals surface area contributed by atoms with Crippen molar-refractivity contribution >= 4 is 45.9 Å². The maximum Gasteiger partial charge on any atom is 0.335 e. The fourth-order valence-electron chi connectivity index (χ4n) is 4.78. The van der Waals surface area contributed by atoms with E-state index < -0.39 is 18.0 Å². The Kier molecular flexibility index (Phi) is 13.4. The van der Waals surface area contributed by atoms with Crippen LogP contribution in [0.15, 0.2) is 89.9 Å². The predicted octanol–water partition coefficient (Wildman–Crippen LogP) is 7.27. The lowest BCUT2D eigenvalue weighted by Crippen LogP contribution is -2.29. The number of unbranched alkanes of at least 4 members (excludes halogenated alkanes) is 2. The molecule has 49 heavy (non-hydrogen) atoms. The quantitative estimate of drug-likeness (QED) is 0.0808. The van der Waals surface area contributed by atoms with Gasteiger partial charge in [-0.15, -0.1) is 11.3 Å². The second-order valence-electron chi connectivity index (χ2n) is 10.6. The van der Waals surface area contributed by atoms with Crippen LogP contribution in [0.2, 0.25) is 0 Å². The van der Waals surface area contributed by atoms with Crippen molar-refractivity contribution in [2.45, 2.75) is 39.2 Å². The van der Waals surface area contributed by atoms with Gasteiger partial charge in [0, 0.05) is 23.0 Å². The highest BCUT2D eigenvalue weighted by atomic mass is 32.1. The number of ether oxygens (including phenoxy) is 3. The standard InChI is InChI=1S/C33H33N3O7S2.C3H7N/c1-4-6-7-12-43-33-29-28(41-13-14-42-29)30(45-33)27-9-8-26(44-27)19(5-2)15-22(34-3)24-17-21(32(39)40)18-25(36-24)23-16-20(31(37)38)10-11-35-23;1-2-3-4/h5,8-11,15-18,25,36H,2,4,6-7,12-14H2,1,3H3,(H,37,38)(H,39,40);2-3H,4H2,1H3/b19-15+,34-22?;3-2-. The molecule has 0 fully saturated rings. The first-order valence-electron chi connectivity index (χ1n) is 15.7. The molecule has 2 aliphatic heterocycles. The van der Waals surface area contributed by atoms with E-state index >= 15 is 0 Å². The Morgan fingerprint density at radius 1 is 1.16 bits per heavy atom. The van der Waals surface area contributed by atoms with Crippen LogP contribution in [0.1, 0.15) is 60.1 Å². The van der Waals surface area contributed by atoms with Crippen LogP contribution in [0.4, 0.5) is 0 Å². The molecule has 0 spiro atoms. The van der Waals surface area contributed by atoms with E-state index in [0.29, 0.717) is 48.4 Å². The fraction of sp³-hybridized carbons (Fsp3) is 0.278. The van der Waals surface area contributed by atoms with Crippen LogP contribution in [-0.2, 0) is 4.79 Å². The van der Waals surface area contributed by atoms with Gasteiger partial charge in [-0.2, -0.15) is 0 Å². The number of carbonyl (C=O) groups is 2. The van der Waals surface area contributed by atoms with Crippen molar-refractivity contribution in [2.24, 2.45) is 10.7 Å². The molecule has 5 N–H and O–H groups in total. The number of carboxylic acid groups (broad SMARTS) is 2. The van der Waals surface area contributed by atoms with E-state index in [4.69, 9.17) is 19.9 Å². The lowest BCUT2D eigenvalue weighted by molar-refractivity contribution is -0.132. The Bertz CT molecular complexity index is 1810. The van der Waals surface area contributed by atoms with Crippen LogP contribution in [-0.4, -0.2) is 59.7 Å². The summed E-state index contributed by atoms with van der Waals surface area (Å²) in [6, 6.07) is 6.12. The highest BCUT2D eigenvalue weighted by molar-refractivity contribution is 7.24. The summed E-state index contributed by atoms with van der Waals surface area (Å²) in [5.74, 6) is -0.876.